The van der Waals surface area contributed by atoms with Crippen LogP contribution in [0.5, 0.6) is 0 Å². The number of hydrogen-bond acceptors (Lipinski definition) is 3. The minimum Gasteiger partial charge on any atom is -0.468 e. The summed E-state index contributed by atoms with van der Waals surface area (Å²) < 4.78 is 5.26. The van der Waals surface area contributed by atoms with E-state index in [4.69, 9.17) is 4.42 Å². The Morgan fingerprint density at radius 2 is 2.00 bits per heavy atom. The lowest BCUT2D eigenvalue weighted by atomic mass is 9.90. The fourth-order valence-electron chi connectivity index (χ4n) is 2.63. The molecule has 1 aromatic carbocycles. The molecular weight excluding hydrogens is 268 g/mol. The second-order valence-corrected chi connectivity index (χ2v) is 6.17. The molecule has 20 heavy (non-hydrogen) atoms. The molecule has 0 fully saturated rings. The first kappa shape index (κ1) is 13.5. The zero-order chi connectivity index (χ0) is 13.8. The van der Waals surface area contributed by atoms with E-state index in [2.05, 4.69) is 12.1 Å². The largest absolute Gasteiger partial charge is 0.468 e. The van der Waals surface area contributed by atoms with Crippen LogP contribution in [0.4, 0.5) is 0 Å². The van der Waals surface area contributed by atoms with Crippen molar-refractivity contribution in [3.63, 3.8) is 0 Å². The standard InChI is InChI=1S/C17H18O2S/c18-17(12-20-11-16-6-3-9-19-16)15-8-7-13-4-1-2-5-14(13)10-15/h3,6-10H,1-2,4-5,11-12H2. The van der Waals surface area contributed by atoms with Crippen molar-refractivity contribution in [2.24, 2.45) is 0 Å². The maximum absolute atomic E-state index is 12.2. The number of carbonyl (C=O) groups is 1. The lowest BCUT2D eigenvalue weighted by Gasteiger charge is -2.16. The summed E-state index contributed by atoms with van der Waals surface area (Å²) in [6.45, 7) is 0. The number of furan rings is 1. The second kappa shape index (κ2) is 6.31. The van der Waals surface area contributed by atoms with E-state index in [-0.39, 0.29) is 5.78 Å². The number of thioether (sulfide) groups is 1. The molecule has 3 heteroatoms. The lowest BCUT2D eigenvalue weighted by Crippen LogP contribution is -2.07. The molecule has 1 aromatic heterocycles. The van der Waals surface area contributed by atoms with Crippen LogP contribution < -0.4 is 0 Å². The van der Waals surface area contributed by atoms with Gasteiger partial charge in [-0.15, -0.1) is 11.8 Å². The van der Waals surface area contributed by atoms with Crippen molar-refractivity contribution < 1.29 is 9.21 Å². The predicted octanol–water partition coefficient (Wildman–Crippen LogP) is 4.27. The van der Waals surface area contributed by atoms with Crippen LogP contribution in [0.15, 0.2) is 41.0 Å². The Morgan fingerprint density at radius 3 is 2.80 bits per heavy atom. The summed E-state index contributed by atoms with van der Waals surface area (Å²) in [5, 5.41) is 0. The van der Waals surface area contributed by atoms with Gasteiger partial charge in [-0.05, 0) is 55.0 Å². The molecule has 0 bridgehead atoms. The van der Waals surface area contributed by atoms with Gasteiger partial charge in [0, 0.05) is 5.56 Å². The number of aryl methyl sites for hydroxylation is 2. The molecule has 2 nitrogen and oxygen atoms in total. The van der Waals surface area contributed by atoms with E-state index < -0.39 is 0 Å². The number of hydrogen-bond donors (Lipinski definition) is 0. The molecular formula is C17H18O2S. The SMILES string of the molecule is O=C(CSCc1ccco1)c1ccc2c(c1)CCCC2. The van der Waals surface area contributed by atoms with Gasteiger partial charge in [0.1, 0.15) is 5.76 Å². The van der Waals surface area contributed by atoms with Crippen molar-refractivity contribution in [3.05, 3.63) is 59.0 Å². The summed E-state index contributed by atoms with van der Waals surface area (Å²) in [6, 6.07) is 10.0. The average Bonchev–Trinajstić information content (AvgIpc) is 3.00. The summed E-state index contributed by atoms with van der Waals surface area (Å²) in [6.07, 6.45) is 6.48. The molecule has 0 unspecified atom stereocenters. The van der Waals surface area contributed by atoms with Gasteiger partial charge in [0.05, 0.1) is 17.8 Å². The Bertz CT molecular complexity index is 587. The Morgan fingerprint density at radius 1 is 1.15 bits per heavy atom. The Balaban J connectivity index is 1.59. The number of ketones is 1. The quantitative estimate of drug-likeness (QED) is 0.769. The van der Waals surface area contributed by atoms with Crippen LogP contribution in [0.25, 0.3) is 0 Å². The van der Waals surface area contributed by atoms with Crippen LogP contribution in [-0.2, 0) is 18.6 Å². The molecule has 0 N–H and O–H groups in total. The van der Waals surface area contributed by atoms with Crippen molar-refractivity contribution in [2.45, 2.75) is 31.4 Å². The highest BCUT2D eigenvalue weighted by atomic mass is 32.2. The number of carbonyl (C=O) groups excluding carboxylic acids is 1. The second-order valence-electron chi connectivity index (χ2n) is 5.19. The van der Waals surface area contributed by atoms with Crippen molar-refractivity contribution >= 4 is 17.5 Å². The Hall–Kier alpha value is -1.48. The highest BCUT2D eigenvalue weighted by molar-refractivity contribution is 7.99. The first-order valence-corrected chi connectivity index (χ1v) is 8.23. The van der Waals surface area contributed by atoms with Crippen molar-refractivity contribution in [1.82, 2.24) is 0 Å². The third kappa shape index (κ3) is 3.15. The molecule has 1 aliphatic rings. The highest BCUT2D eigenvalue weighted by Crippen LogP contribution is 2.23. The highest BCUT2D eigenvalue weighted by Gasteiger charge is 2.13. The Kier molecular flexibility index (Phi) is 4.26. The van der Waals surface area contributed by atoms with Gasteiger partial charge in [0.25, 0.3) is 0 Å². The molecule has 1 aliphatic carbocycles. The van der Waals surface area contributed by atoms with Crippen LogP contribution in [0.3, 0.4) is 0 Å². The van der Waals surface area contributed by atoms with Crippen molar-refractivity contribution in [1.29, 1.82) is 0 Å². The van der Waals surface area contributed by atoms with Crippen LogP contribution in [0.2, 0.25) is 0 Å². The summed E-state index contributed by atoms with van der Waals surface area (Å²) >= 11 is 1.61. The zero-order valence-electron chi connectivity index (χ0n) is 11.4. The summed E-state index contributed by atoms with van der Waals surface area (Å²) in [5.41, 5.74) is 3.66. The van der Waals surface area contributed by atoms with E-state index in [0.29, 0.717) is 5.75 Å². The van der Waals surface area contributed by atoms with Gasteiger partial charge in [-0.2, -0.15) is 0 Å². The fourth-order valence-corrected chi connectivity index (χ4v) is 3.45. The van der Waals surface area contributed by atoms with E-state index in [1.807, 2.05) is 18.2 Å². The zero-order valence-corrected chi connectivity index (χ0v) is 12.2. The molecule has 0 atom stereocenters. The summed E-state index contributed by atoms with van der Waals surface area (Å²) in [5.74, 6) is 2.41. The summed E-state index contributed by atoms with van der Waals surface area (Å²) in [4.78, 5) is 12.2. The van der Waals surface area contributed by atoms with Gasteiger partial charge in [-0.25, -0.2) is 0 Å². The third-order valence-electron chi connectivity index (χ3n) is 3.73. The topological polar surface area (TPSA) is 30.2 Å². The third-order valence-corrected chi connectivity index (χ3v) is 4.68. The first-order chi connectivity index (χ1) is 9.83. The van der Waals surface area contributed by atoms with E-state index in [0.717, 1.165) is 29.9 Å². The van der Waals surface area contributed by atoms with Crippen molar-refractivity contribution in [2.75, 3.05) is 5.75 Å². The predicted molar refractivity (Wildman–Crippen MR) is 82.3 cm³/mol. The summed E-state index contributed by atoms with van der Waals surface area (Å²) in [7, 11) is 0. The molecule has 3 rings (SSSR count). The molecule has 0 spiro atoms. The van der Waals surface area contributed by atoms with Crippen molar-refractivity contribution in [3.8, 4) is 0 Å². The maximum atomic E-state index is 12.2. The number of fused-ring (bicyclic) bond motifs is 1. The van der Waals surface area contributed by atoms with Crippen LogP contribution >= 0.6 is 11.8 Å². The monoisotopic (exact) mass is 286 g/mol. The Labute approximate surface area is 123 Å². The molecule has 0 aliphatic heterocycles. The number of Topliss-reactive ketones (excluding diaryl/α,β-unsaturated/α-hetero) is 1. The van der Waals surface area contributed by atoms with E-state index in [1.165, 1.54) is 24.0 Å². The van der Waals surface area contributed by atoms with E-state index in [1.54, 1.807) is 18.0 Å². The molecule has 0 radical (unpaired) electrons. The van der Waals surface area contributed by atoms with Crippen LogP contribution in [0.1, 0.15) is 40.1 Å². The minimum atomic E-state index is 0.218. The molecule has 0 saturated carbocycles. The molecule has 0 saturated heterocycles. The van der Waals surface area contributed by atoms with E-state index in [9.17, 15) is 4.79 Å². The van der Waals surface area contributed by atoms with Gasteiger partial charge in [-0.3, -0.25) is 4.79 Å². The minimum absolute atomic E-state index is 0.218. The van der Waals surface area contributed by atoms with Crippen LogP contribution in [0, 0.1) is 0 Å². The van der Waals surface area contributed by atoms with Gasteiger partial charge < -0.3 is 4.42 Å². The molecule has 0 amide bonds. The van der Waals surface area contributed by atoms with E-state index >= 15 is 0 Å². The number of rotatable bonds is 5. The lowest BCUT2D eigenvalue weighted by molar-refractivity contribution is 0.102. The molecule has 1 heterocycles. The first-order valence-electron chi connectivity index (χ1n) is 7.08. The maximum Gasteiger partial charge on any atom is 0.172 e. The van der Waals surface area contributed by atoms with Gasteiger partial charge >= 0.3 is 0 Å². The van der Waals surface area contributed by atoms with Crippen LogP contribution in [-0.4, -0.2) is 11.5 Å². The molecule has 2 aromatic rings. The average molecular weight is 286 g/mol. The fraction of sp³-hybridized carbons (Fsp3) is 0.353. The van der Waals surface area contributed by atoms with Gasteiger partial charge in [0.2, 0.25) is 0 Å². The smallest absolute Gasteiger partial charge is 0.172 e. The normalized spacial score (nSPS) is 14.0. The van der Waals surface area contributed by atoms with Gasteiger partial charge in [0.15, 0.2) is 5.78 Å². The molecule has 104 valence electrons. The van der Waals surface area contributed by atoms with Gasteiger partial charge in [-0.1, -0.05) is 12.1 Å². The number of benzene rings is 1.